The number of ether oxygens (including phenoxy) is 1. The molecule has 0 aliphatic rings. The molecular weight excluding hydrogens is 256 g/mol. The lowest BCUT2D eigenvalue weighted by atomic mass is 10.2. The van der Waals surface area contributed by atoms with Crippen molar-refractivity contribution in [3.8, 4) is 5.75 Å². The van der Waals surface area contributed by atoms with Gasteiger partial charge in [-0.1, -0.05) is 13.0 Å². The average molecular weight is 274 g/mol. The van der Waals surface area contributed by atoms with Crippen LogP contribution in [-0.4, -0.2) is 39.6 Å². The predicted molar refractivity (Wildman–Crippen MR) is 74.4 cm³/mol. The molecule has 20 heavy (non-hydrogen) atoms. The quantitative estimate of drug-likeness (QED) is 0.873. The smallest absolute Gasteiger partial charge is 0.254 e. The summed E-state index contributed by atoms with van der Waals surface area (Å²) in [6, 6.07) is 7.20. The largest absolute Gasteiger partial charge is 0.494 e. The molecule has 1 amide bonds. The Morgan fingerprint density at radius 2 is 2.30 bits per heavy atom. The molecule has 0 aliphatic heterocycles. The number of H-pyrrole nitrogens is 1. The zero-order valence-corrected chi connectivity index (χ0v) is 11.7. The normalized spacial score (nSPS) is 10.3. The fourth-order valence-corrected chi connectivity index (χ4v) is 1.76. The minimum atomic E-state index is -0.0802. The third-order valence-electron chi connectivity index (χ3n) is 2.75. The zero-order valence-electron chi connectivity index (χ0n) is 11.7. The van der Waals surface area contributed by atoms with E-state index in [-0.39, 0.29) is 5.91 Å². The van der Waals surface area contributed by atoms with Crippen molar-refractivity contribution < 1.29 is 9.53 Å². The molecule has 0 fully saturated rings. The highest BCUT2D eigenvalue weighted by atomic mass is 16.5. The lowest BCUT2D eigenvalue weighted by molar-refractivity contribution is 0.0781. The van der Waals surface area contributed by atoms with Gasteiger partial charge in [0.15, 0.2) is 0 Å². The molecule has 106 valence electrons. The first-order valence-electron chi connectivity index (χ1n) is 6.53. The fraction of sp³-hybridized carbons (Fsp3) is 0.357. The minimum absolute atomic E-state index is 0.0802. The maximum Gasteiger partial charge on any atom is 0.254 e. The molecule has 0 bridgehead atoms. The molecule has 1 heterocycles. The monoisotopic (exact) mass is 274 g/mol. The van der Waals surface area contributed by atoms with E-state index in [1.165, 1.54) is 6.33 Å². The second kappa shape index (κ2) is 6.70. The highest BCUT2D eigenvalue weighted by molar-refractivity contribution is 5.94. The molecule has 1 aromatic heterocycles. The van der Waals surface area contributed by atoms with Crippen LogP contribution in [0, 0.1) is 0 Å². The van der Waals surface area contributed by atoms with Gasteiger partial charge in [0.05, 0.1) is 13.2 Å². The van der Waals surface area contributed by atoms with Crippen molar-refractivity contribution in [3.63, 3.8) is 0 Å². The molecule has 0 saturated heterocycles. The lowest BCUT2D eigenvalue weighted by Gasteiger charge is -2.16. The summed E-state index contributed by atoms with van der Waals surface area (Å²) in [5, 5.41) is 6.50. The van der Waals surface area contributed by atoms with Crippen molar-refractivity contribution in [2.24, 2.45) is 0 Å². The first-order valence-corrected chi connectivity index (χ1v) is 6.53. The fourth-order valence-electron chi connectivity index (χ4n) is 1.76. The number of hydrogen-bond donors (Lipinski definition) is 1. The Bertz CT molecular complexity index is 554. The van der Waals surface area contributed by atoms with Crippen molar-refractivity contribution in [3.05, 3.63) is 42.0 Å². The molecule has 6 nitrogen and oxygen atoms in total. The van der Waals surface area contributed by atoms with Gasteiger partial charge in [0.2, 0.25) is 0 Å². The Labute approximate surface area is 117 Å². The van der Waals surface area contributed by atoms with Gasteiger partial charge in [-0.2, -0.15) is 5.10 Å². The van der Waals surface area contributed by atoms with Gasteiger partial charge in [0.1, 0.15) is 17.9 Å². The van der Waals surface area contributed by atoms with E-state index >= 15 is 0 Å². The molecule has 2 aromatic rings. The van der Waals surface area contributed by atoms with Gasteiger partial charge in [-0.3, -0.25) is 9.89 Å². The van der Waals surface area contributed by atoms with Crippen LogP contribution in [0.1, 0.15) is 29.5 Å². The van der Waals surface area contributed by atoms with E-state index in [1.807, 2.05) is 19.1 Å². The first-order chi connectivity index (χ1) is 9.70. The van der Waals surface area contributed by atoms with Gasteiger partial charge < -0.3 is 9.64 Å². The van der Waals surface area contributed by atoms with Gasteiger partial charge >= 0.3 is 0 Å². The van der Waals surface area contributed by atoms with E-state index in [0.717, 1.165) is 6.42 Å². The van der Waals surface area contributed by atoms with Gasteiger partial charge in [-0.15, -0.1) is 0 Å². The van der Waals surface area contributed by atoms with E-state index in [1.54, 1.807) is 24.1 Å². The summed E-state index contributed by atoms with van der Waals surface area (Å²) in [6.07, 6.45) is 2.36. The van der Waals surface area contributed by atoms with Crippen LogP contribution in [0.3, 0.4) is 0 Å². The van der Waals surface area contributed by atoms with Gasteiger partial charge in [-0.05, 0) is 24.6 Å². The van der Waals surface area contributed by atoms with Crippen molar-refractivity contribution in [1.82, 2.24) is 20.1 Å². The van der Waals surface area contributed by atoms with Crippen molar-refractivity contribution in [1.29, 1.82) is 0 Å². The van der Waals surface area contributed by atoms with Crippen molar-refractivity contribution >= 4 is 5.91 Å². The molecule has 0 atom stereocenters. The number of hydrogen-bond acceptors (Lipinski definition) is 4. The number of nitrogens with zero attached hydrogens (tertiary/aromatic N) is 3. The Balaban J connectivity index is 2.04. The number of aromatic nitrogens is 3. The van der Waals surface area contributed by atoms with E-state index in [4.69, 9.17) is 4.74 Å². The van der Waals surface area contributed by atoms with Crippen molar-refractivity contribution in [2.45, 2.75) is 19.9 Å². The molecule has 0 unspecified atom stereocenters. The number of aromatic amines is 1. The molecule has 6 heteroatoms. The second-order valence-electron chi connectivity index (χ2n) is 4.47. The molecular formula is C14H18N4O2. The van der Waals surface area contributed by atoms with Crippen LogP contribution in [0.15, 0.2) is 30.6 Å². The molecule has 0 radical (unpaired) electrons. The maximum atomic E-state index is 12.3. The van der Waals surface area contributed by atoms with Crippen LogP contribution < -0.4 is 4.74 Å². The van der Waals surface area contributed by atoms with Crippen LogP contribution in [0.5, 0.6) is 5.75 Å². The molecule has 1 aromatic carbocycles. The van der Waals surface area contributed by atoms with Gasteiger partial charge in [0, 0.05) is 12.6 Å². The van der Waals surface area contributed by atoms with Crippen LogP contribution in [0.2, 0.25) is 0 Å². The second-order valence-corrected chi connectivity index (χ2v) is 4.47. The van der Waals surface area contributed by atoms with Crippen LogP contribution in [0.4, 0.5) is 0 Å². The Hall–Kier alpha value is -2.37. The highest BCUT2D eigenvalue weighted by Gasteiger charge is 2.13. The maximum absolute atomic E-state index is 12.3. The third-order valence-corrected chi connectivity index (χ3v) is 2.75. The third kappa shape index (κ3) is 3.57. The summed E-state index contributed by atoms with van der Waals surface area (Å²) >= 11 is 0. The molecule has 1 N–H and O–H groups in total. The van der Waals surface area contributed by atoms with Crippen molar-refractivity contribution in [2.75, 3.05) is 13.7 Å². The standard InChI is InChI=1S/C14H18N4O2/c1-3-7-20-12-6-4-5-11(8-12)14(19)18(2)9-13-15-10-16-17-13/h4-6,8,10H,3,7,9H2,1-2H3,(H,15,16,17). The highest BCUT2D eigenvalue weighted by Crippen LogP contribution is 2.15. The van der Waals surface area contributed by atoms with E-state index in [9.17, 15) is 4.79 Å². The topological polar surface area (TPSA) is 71.1 Å². The van der Waals surface area contributed by atoms with E-state index in [2.05, 4.69) is 15.2 Å². The number of nitrogens with one attached hydrogen (secondary N) is 1. The Kier molecular flexibility index (Phi) is 4.70. The van der Waals surface area contributed by atoms with Crippen LogP contribution >= 0.6 is 0 Å². The Morgan fingerprint density at radius 3 is 3.00 bits per heavy atom. The zero-order chi connectivity index (χ0) is 14.4. The molecule has 0 aliphatic carbocycles. The molecule has 2 rings (SSSR count). The lowest BCUT2D eigenvalue weighted by Crippen LogP contribution is -2.26. The summed E-state index contributed by atoms with van der Waals surface area (Å²) in [4.78, 5) is 17.9. The number of benzene rings is 1. The summed E-state index contributed by atoms with van der Waals surface area (Å²) in [5.74, 6) is 1.29. The average Bonchev–Trinajstić information content (AvgIpc) is 2.97. The number of carbonyl (C=O) groups excluding carboxylic acids is 1. The number of rotatable bonds is 6. The first kappa shape index (κ1) is 14.0. The predicted octanol–water partition coefficient (Wildman–Crippen LogP) is 1.87. The summed E-state index contributed by atoms with van der Waals surface area (Å²) in [7, 11) is 1.73. The SMILES string of the molecule is CCCOc1cccc(C(=O)N(C)Cc2ncn[nH]2)c1. The summed E-state index contributed by atoms with van der Waals surface area (Å²) < 4.78 is 5.53. The van der Waals surface area contributed by atoms with Gasteiger partial charge in [0.25, 0.3) is 5.91 Å². The van der Waals surface area contributed by atoms with Gasteiger partial charge in [-0.25, -0.2) is 4.98 Å². The number of carbonyl (C=O) groups is 1. The minimum Gasteiger partial charge on any atom is -0.494 e. The number of amides is 1. The van der Waals surface area contributed by atoms with E-state index in [0.29, 0.717) is 30.3 Å². The van der Waals surface area contributed by atoms with Crippen LogP contribution in [-0.2, 0) is 6.54 Å². The summed E-state index contributed by atoms with van der Waals surface area (Å²) in [6.45, 7) is 3.07. The Morgan fingerprint density at radius 1 is 1.45 bits per heavy atom. The molecule has 0 saturated carbocycles. The summed E-state index contributed by atoms with van der Waals surface area (Å²) in [5.41, 5.74) is 0.598. The van der Waals surface area contributed by atoms with E-state index < -0.39 is 0 Å². The molecule has 0 spiro atoms. The van der Waals surface area contributed by atoms with Crippen LogP contribution in [0.25, 0.3) is 0 Å².